The summed E-state index contributed by atoms with van der Waals surface area (Å²) in [6, 6.07) is 14.8. The van der Waals surface area contributed by atoms with E-state index in [0.717, 1.165) is 51.4 Å². The predicted octanol–water partition coefficient (Wildman–Crippen LogP) is 12.4. The highest BCUT2D eigenvalue weighted by molar-refractivity contribution is 7.90. The smallest absolute Gasteiger partial charge is 0.410 e. The summed E-state index contributed by atoms with van der Waals surface area (Å²) in [5.41, 5.74) is -0.914. The van der Waals surface area contributed by atoms with Gasteiger partial charge in [-0.1, -0.05) is 37.0 Å². The zero-order valence-corrected chi connectivity index (χ0v) is 61.6. The number of aromatic carboxylic acids is 1. The van der Waals surface area contributed by atoms with Crippen molar-refractivity contribution in [2.45, 2.75) is 192 Å². The zero-order valence-electron chi connectivity index (χ0n) is 58.4. The van der Waals surface area contributed by atoms with Gasteiger partial charge in [0.25, 0.3) is 15.9 Å². The molecule has 540 valence electrons. The maximum absolute atomic E-state index is 13.1. The molecule has 6 aromatic heterocycles. The van der Waals surface area contributed by atoms with Gasteiger partial charge < -0.3 is 44.5 Å². The fraction of sp³-hybridized carbons (Fsp3) is 0.559. The van der Waals surface area contributed by atoms with E-state index >= 15 is 0 Å². The number of aromatic nitrogens is 8. The molecule has 4 aliphatic rings. The molecule has 27 nitrogen and oxygen atoms in total. The van der Waals surface area contributed by atoms with Gasteiger partial charge in [-0.05, 0) is 205 Å². The molecule has 31 heteroatoms. The number of rotatable bonds is 25. The number of anilines is 2. The van der Waals surface area contributed by atoms with Crippen molar-refractivity contribution in [3.8, 4) is 23.4 Å². The second-order valence-corrected chi connectivity index (χ2v) is 33.6. The highest BCUT2D eigenvalue weighted by Crippen LogP contribution is 2.49. The van der Waals surface area contributed by atoms with Gasteiger partial charge in [0, 0.05) is 86.3 Å². The van der Waals surface area contributed by atoms with Crippen molar-refractivity contribution >= 4 is 78.9 Å². The van der Waals surface area contributed by atoms with E-state index in [2.05, 4.69) is 73.2 Å². The Morgan fingerprint density at radius 2 is 1.03 bits per heavy atom. The van der Waals surface area contributed by atoms with Crippen LogP contribution in [0.25, 0.3) is 11.6 Å². The van der Waals surface area contributed by atoms with E-state index in [1.165, 1.54) is 89.9 Å². The monoisotopic (exact) mass is 1450 g/mol. The van der Waals surface area contributed by atoms with Crippen molar-refractivity contribution in [1.29, 1.82) is 0 Å². The Bertz CT molecular complexity index is 4070. The summed E-state index contributed by atoms with van der Waals surface area (Å²) in [6.45, 7) is 27.6. The molecule has 2 saturated carbocycles. The quantitative estimate of drug-likeness (QED) is 0.0262. The summed E-state index contributed by atoms with van der Waals surface area (Å²) in [6.07, 6.45) is 17.8. The van der Waals surface area contributed by atoms with E-state index in [1.54, 1.807) is 35.5 Å². The molecule has 6 N–H and O–H groups in total. The maximum Gasteiger partial charge on any atom is 0.410 e. The first kappa shape index (κ1) is 76.9. The second kappa shape index (κ2) is 31.4. The SMILES string of the molecule is CC(C)(C)OC(=O)N1CC(CCCNc2cc(S(N)(=O)=O)ccn2)CC1(C)C.CC1(CCOc2ccn(-c3ccc(C(=O)NS(=O)(=O)c4ccnc(NCCCC5CN(C(=O)OC(C)(C)C)C(C)(C)C5)c4)c(Cl)n3)n2)CC1.CC1(CCOc2ccn(-c3ccc(C(=O)O)c(Cl)n3)n2)CC1. The number of primary sulfonamides is 1. The molecule has 0 radical (unpaired) electrons. The molecule has 4 fully saturated rings. The van der Waals surface area contributed by atoms with E-state index in [-0.39, 0.29) is 54.5 Å². The Balaban J connectivity index is 0.000000210. The van der Waals surface area contributed by atoms with Crippen molar-refractivity contribution < 1.29 is 60.1 Å². The van der Waals surface area contributed by atoms with Gasteiger partial charge in [0.2, 0.25) is 21.8 Å². The van der Waals surface area contributed by atoms with Crippen LogP contribution in [0.3, 0.4) is 0 Å². The molecule has 3 amide bonds. The Labute approximate surface area is 590 Å². The number of nitrogens with zero attached hydrogens (tertiary/aromatic N) is 10. The molecular formula is C68H94Cl2N14O13S2. The maximum atomic E-state index is 13.1. The minimum atomic E-state index is -4.25. The van der Waals surface area contributed by atoms with Crippen LogP contribution < -0.4 is 30.0 Å². The van der Waals surface area contributed by atoms with Gasteiger partial charge in [0.15, 0.2) is 11.6 Å². The fourth-order valence-corrected chi connectivity index (χ4v) is 13.4. The van der Waals surface area contributed by atoms with Crippen molar-refractivity contribution in [3.05, 3.63) is 107 Å². The third kappa shape index (κ3) is 22.8. The summed E-state index contributed by atoms with van der Waals surface area (Å²) in [5, 5.41) is 28.7. The lowest BCUT2D eigenvalue weighted by molar-refractivity contribution is 0.0118. The van der Waals surface area contributed by atoms with E-state index in [1.807, 2.05) is 60.3 Å². The molecule has 0 aromatic carbocycles. The number of amides is 3. The van der Waals surface area contributed by atoms with Gasteiger partial charge in [-0.15, -0.1) is 10.2 Å². The summed E-state index contributed by atoms with van der Waals surface area (Å²) in [7, 11) is -7.99. The number of likely N-dealkylation sites (tertiary alicyclic amines) is 2. The summed E-state index contributed by atoms with van der Waals surface area (Å²) in [5.74, 6) is 1.26. The number of hydrogen-bond donors (Lipinski definition) is 5. The van der Waals surface area contributed by atoms with E-state index in [4.69, 9.17) is 52.4 Å². The van der Waals surface area contributed by atoms with E-state index in [0.29, 0.717) is 97.1 Å². The number of nitrogens with one attached hydrogen (secondary N) is 3. The number of carboxylic acids is 1. The van der Waals surface area contributed by atoms with Crippen LogP contribution in [0.2, 0.25) is 10.3 Å². The van der Waals surface area contributed by atoms with Crippen LogP contribution >= 0.6 is 23.2 Å². The van der Waals surface area contributed by atoms with E-state index in [9.17, 15) is 36.0 Å². The average Bonchev–Trinajstić information content (AvgIpc) is 1.78. The number of nitrogens with two attached hydrogens (primary N) is 1. The molecule has 2 aliphatic heterocycles. The molecule has 99 heavy (non-hydrogen) atoms. The van der Waals surface area contributed by atoms with Crippen molar-refractivity contribution in [1.82, 2.24) is 54.0 Å². The van der Waals surface area contributed by atoms with Gasteiger partial charge >= 0.3 is 18.2 Å². The third-order valence-corrected chi connectivity index (χ3v) is 20.3. The minimum Gasteiger partial charge on any atom is -0.478 e. The second-order valence-electron chi connectivity index (χ2n) is 29.7. The normalized spacial score (nSPS) is 18.0. The van der Waals surface area contributed by atoms with Crippen LogP contribution in [0.4, 0.5) is 21.2 Å². The topological polar surface area (TPSA) is 349 Å². The molecule has 2 atom stereocenters. The summed E-state index contributed by atoms with van der Waals surface area (Å²) < 4.78 is 76.6. The van der Waals surface area contributed by atoms with Crippen LogP contribution in [-0.4, -0.2) is 157 Å². The minimum absolute atomic E-state index is 0.0354. The molecule has 10 rings (SSSR count). The van der Waals surface area contributed by atoms with Gasteiger partial charge in [-0.2, -0.15) is 0 Å². The number of carbonyl (C=O) groups excluding carboxylic acids is 3. The Hall–Kier alpha value is -7.86. The van der Waals surface area contributed by atoms with Gasteiger partial charge in [0.05, 0.1) is 34.1 Å². The zero-order chi connectivity index (χ0) is 72.5. The first-order chi connectivity index (χ1) is 46.2. The standard InChI is InChI=1S/C34H46ClN7O6S.C19H32N4O4S.C15H16ClN3O3/c1-32(2,3)48-31(44)41-22-23(21-33(41,4)5)8-7-16-36-26-20-24(11-17-37-26)49(45,46)40-30(43)25-9-10-27(38-29(25)35)42-18-12-28(39-42)47-19-15-34(6)13-14-34;1-18(2,3)27-17(24)23-13-14(12-19(23,4)5)7-6-9-21-16-11-15(8-10-22-16)28(20,25)26;1-15(5-6-15)7-9-22-12-4-8-19(18-12)11-3-2-10(14(20)21)13(16)17-11/h9-12,17-18,20,23H,7-8,13-16,19,21-22H2,1-6H3,(H,36,37)(H,40,43);8,10-11,14H,6-7,9,12-13H2,1-5H3,(H,21,22)(H2,20,25,26);2-4,8H,5-7,9H2,1H3,(H,20,21). The lowest BCUT2D eigenvalue weighted by atomic mass is 9.93. The van der Waals surface area contributed by atoms with Crippen molar-refractivity contribution in [2.75, 3.05) is 50.0 Å². The summed E-state index contributed by atoms with van der Waals surface area (Å²) in [4.78, 5) is 69.3. The molecule has 6 aromatic rings. The van der Waals surface area contributed by atoms with Crippen LogP contribution in [0.5, 0.6) is 11.8 Å². The Kier molecular flexibility index (Phi) is 24.4. The van der Waals surface area contributed by atoms with Gasteiger partial charge in [0.1, 0.15) is 33.1 Å². The highest BCUT2D eigenvalue weighted by Gasteiger charge is 2.44. The number of halogens is 2. The number of carbonyl (C=O) groups is 4. The lowest BCUT2D eigenvalue weighted by Gasteiger charge is -2.33. The van der Waals surface area contributed by atoms with E-state index < -0.39 is 43.1 Å². The molecule has 8 heterocycles. The Morgan fingerprint density at radius 1 is 0.616 bits per heavy atom. The number of pyridine rings is 4. The van der Waals surface area contributed by atoms with Gasteiger partial charge in [-0.3, -0.25) is 4.79 Å². The average molecular weight is 1450 g/mol. The predicted molar refractivity (Wildman–Crippen MR) is 375 cm³/mol. The number of hydrogen-bond acceptors (Lipinski definition) is 20. The first-order valence-electron chi connectivity index (χ1n) is 33.1. The molecule has 0 bridgehead atoms. The fourth-order valence-electron chi connectivity index (χ4n) is 11.4. The van der Waals surface area contributed by atoms with Crippen LogP contribution in [0.1, 0.15) is 181 Å². The highest BCUT2D eigenvalue weighted by atomic mass is 35.5. The van der Waals surface area contributed by atoms with Crippen LogP contribution in [-0.2, 0) is 29.5 Å². The third-order valence-electron chi connectivity index (χ3n) is 17.5. The molecule has 2 saturated heterocycles. The van der Waals surface area contributed by atoms with Crippen LogP contribution in [0.15, 0.2) is 95.2 Å². The van der Waals surface area contributed by atoms with Crippen LogP contribution in [0, 0.1) is 22.7 Å². The first-order valence-corrected chi connectivity index (χ1v) is 36.9. The number of ether oxygens (including phenoxy) is 4. The summed E-state index contributed by atoms with van der Waals surface area (Å²) >= 11 is 12.2. The Morgan fingerprint density at radius 3 is 1.42 bits per heavy atom. The molecule has 2 aliphatic carbocycles. The molecular weight excluding hydrogens is 1360 g/mol. The molecule has 2 unspecified atom stereocenters. The van der Waals surface area contributed by atoms with Crippen molar-refractivity contribution in [2.24, 2.45) is 27.8 Å². The largest absolute Gasteiger partial charge is 0.478 e. The number of carboxylic acid groups (broad SMARTS) is 1. The lowest BCUT2D eigenvalue weighted by Crippen LogP contribution is -2.45. The number of sulfonamides is 2. The van der Waals surface area contributed by atoms with Crippen molar-refractivity contribution in [3.63, 3.8) is 0 Å². The van der Waals surface area contributed by atoms with Gasteiger partial charge in [-0.25, -0.2) is 70.4 Å². The molecule has 0 spiro atoms.